The van der Waals surface area contributed by atoms with E-state index in [1.807, 2.05) is 0 Å². The molecule has 28 heavy (non-hydrogen) atoms. The van der Waals surface area contributed by atoms with Gasteiger partial charge in [-0.15, -0.1) is 0 Å². The zero-order valence-electron chi connectivity index (χ0n) is 15.0. The first kappa shape index (κ1) is 19.7. The van der Waals surface area contributed by atoms with Crippen LogP contribution in [0.25, 0.3) is 0 Å². The Morgan fingerprint density at radius 2 is 1.79 bits per heavy atom. The predicted octanol–water partition coefficient (Wildman–Crippen LogP) is 4.58. The molecule has 1 aliphatic rings. The van der Waals surface area contributed by atoms with E-state index in [0.717, 1.165) is 12.1 Å². The van der Waals surface area contributed by atoms with Crippen LogP contribution in [0.4, 0.5) is 13.2 Å². The van der Waals surface area contributed by atoms with Crippen LogP contribution in [0.5, 0.6) is 0 Å². The van der Waals surface area contributed by atoms with Gasteiger partial charge in [-0.3, -0.25) is 9.59 Å². The molecule has 3 rings (SSSR count). The number of hydrogen-bond acceptors (Lipinski definition) is 3. The zero-order chi connectivity index (χ0) is 20.5. The summed E-state index contributed by atoms with van der Waals surface area (Å²) in [6.45, 7) is 1.44. The SMILES string of the molecule is CCC(=O)C1=C(O)C(=O)N(Cc2cccc(C(F)(F)F)c2)C1c1ccccc1. The number of aliphatic hydroxyl groups excluding tert-OH is 1. The third kappa shape index (κ3) is 3.65. The quantitative estimate of drug-likeness (QED) is 0.814. The lowest BCUT2D eigenvalue weighted by atomic mass is 9.95. The van der Waals surface area contributed by atoms with E-state index >= 15 is 0 Å². The molecular formula is C21H18F3NO3. The molecule has 1 N–H and O–H groups in total. The van der Waals surface area contributed by atoms with Crippen LogP contribution in [0, 0.1) is 0 Å². The molecular weight excluding hydrogens is 371 g/mol. The second-order valence-electron chi connectivity index (χ2n) is 6.48. The molecule has 1 heterocycles. The van der Waals surface area contributed by atoms with Crippen LogP contribution in [0.2, 0.25) is 0 Å². The Kier molecular flexibility index (Phi) is 5.27. The fourth-order valence-electron chi connectivity index (χ4n) is 3.32. The fraction of sp³-hybridized carbons (Fsp3) is 0.238. The van der Waals surface area contributed by atoms with Crippen molar-refractivity contribution in [3.63, 3.8) is 0 Å². The van der Waals surface area contributed by atoms with Crippen molar-refractivity contribution < 1.29 is 27.9 Å². The second-order valence-corrected chi connectivity index (χ2v) is 6.48. The number of carbonyl (C=O) groups excluding carboxylic acids is 2. The molecule has 0 spiro atoms. The molecule has 0 radical (unpaired) electrons. The normalized spacial score (nSPS) is 17.4. The molecule has 146 valence electrons. The molecule has 0 bridgehead atoms. The highest BCUT2D eigenvalue weighted by molar-refractivity contribution is 6.08. The molecule has 7 heteroatoms. The Labute approximate surface area is 159 Å². The van der Waals surface area contributed by atoms with E-state index in [4.69, 9.17) is 0 Å². The molecule has 2 aromatic rings. The van der Waals surface area contributed by atoms with E-state index in [1.165, 1.54) is 17.0 Å². The third-order valence-corrected chi connectivity index (χ3v) is 4.65. The van der Waals surface area contributed by atoms with E-state index in [2.05, 4.69) is 0 Å². The number of rotatable bonds is 5. The average molecular weight is 389 g/mol. The lowest BCUT2D eigenvalue weighted by Crippen LogP contribution is -2.30. The molecule has 0 fully saturated rings. The molecule has 1 unspecified atom stereocenters. The highest BCUT2D eigenvalue weighted by atomic mass is 19.4. The van der Waals surface area contributed by atoms with E-state index in [-0.39, 0.29) is 29.9 Å². The van der Waals surface area contributed by atoms with Crippen LogP contribution in [0.1, 0.15) is 36.1 Å². The summed E-state index contributed by atoms with van der Waals surface area (Å²) in [5.74, 6) is -1.80. The maximum Gasteiger partial charge on any atom is 0.416 e. The first-order valence-electron chi connectivity index (χ1n) is 8.72. The van der Waals surface area contributed by atoms with Crippen LogP contribution in [-0.4, -0.2) is 21.7 Å². The van der Waals surface area contributed by atoms with Crippen molar-refractivity contribution in [1.82, 2.24) is 4.90 Å². The van der Waals surface area contributed by atoms with Gasteiger partial charge in [-0.1, -0.05) is 49.4 Å². The van der Waals surface area contributed by atoms with E-state index in [1.54, 1.807) is 37.3 Å². The van der Waals surface area contributed by atoms with Gasteiger partial charge in [0.05, 0.1) is 17.2 Å². The second kappa shape index (κ2) is 7.50. The van der Waals surface area contributed by atoms with E-state index in [9.17, 15) is 27.9 Å². The molecule has 4 nitrogen and oxygen atoms in total. The van der Waals surface area contributed by atoms with Gasteiger partial charge in [0.25, 0.3) is 5.91 Å². The Morgan fingerprint density at radius 3 is 2.39 bits per heavy atom. The van der Waals surface area contributed by atoms with Gasteiger partial charge < -0.3 is 10.0 Å². The van der Waals surface area contributed by atoms with Crippen LogP contribution >= 0.6 is 0 Å². The smallest absolute Gasteiger partial charge is 0.416 e. The van der Waals surface area contributed by atoms with Gasteiger partial charge in [0, 0.05) is 13.0 Å². The van der Waals surface area contributed by atoms with Crippen LogP contribution < -0.4 is 0 Å². The molecule has 0 aromatic heterocycles. The number of alkyl halides is 3. The largest absolute Gasteiger partial charge is 0.503 e. The number of ketones is 1. The number of carbonyl (C=O) groups is 2. The van der Waals surface area contributed by atoms with Crippen LogP contribution in [0.3, 0.4) is 0 Å². The van der Waals surface area contributed by atoms with Gasteiger partial charge in [0.2, 0.25) is 0 Å². The van der Waals surface area contributed by atoms with Gasteiger partial charge in [-0.25, -0.2) is 0 Å². The lowest BCUT2D eigenvalue weighted by molar-refractivity contribution is -0.137. The molecule has 0 saturated heterocycles. The Hall–Kier alpha value is -3.09. The standard InChI is InChI=1S/C21H18F3NO3/c1-2-16(26)17-18(14-8-4-3-5-9-14)25(20(28)19(17)27)12-13-7-6-10-15(11-13)21(22,23)24/h3-11,18,27H,2,12H2,1H3. The maximum absolute atomic E-state index is 13.0. The minimum absolute atomic E-state index is 0.0225. The van der Waals surface area contributed by atoms with Gasteiger partial charge in [0.1, 0.15) is 0 Å². The van der Waals surface area contributed by atoms with Gasteiger partial charge >= 0.3 is 6.18 Å². The van der Waals surface area contributed by atoms with Crippen molar-refractivity contribution in [2.75, 3.05) is 0 Å². The van der Waals surface area contributed by atoms with Crippen molar-refractivity contribution in [3.8, 4) is 0 Å². The number of nitrogens with zero attached hydrogens (tertiary/aromatic N) is 1. The summed E-state index contributed by atoms with van der Waals surface area (Å²) in [6.07, 6.45) is -4.42. The van der Waals surface area contributed by atoms with Crippen molar-refractivity contribution in [3.05, 3.63) is 82.6 Å². The number of benzene rings is 2. The van der Waals surface area contributed by atoms with Crippen molar-refractivity contribution in [2.45, 2.75) is 32.1 Å². The number of aliphatic hydroxyl groups is 1. The van der Waals surface area contributed by atoms with Crippen molar-refractivity contribution >= 4 is 11.7 Å². The van der Waals surface area contributed by atoms with Gasteiger partial charge in [-0.2, -0.15) is 13.2 Å². The summed E-state index contributed by atoms with van der Waals surface area (Å²) in [5.41, 5.74) is 0.00593. The summed E-state index contributed by atoms with van der Waals surface area (Å²) >= 11 is 0. The number of halogens is 3. The van der Waals surface area contributed by atoms with E-state index in [0.29, 0.717) is 5.56 Å². The number of hydrogen-bond donors (Lipinski definition) is 1. The van der Waals surface area contributed by atoms with Crippen molar-refractivity contribution in [1.29, 1.82) is 0 Å². The summed E-state index contributed by atoms with van der Waals surface area (Å²) in [5, 5.41) is 10.3. The number of Topliss-reactive ketones (excluding diaryl/α,β-unsaturated/α-hetero) is 1. The summed E-state index contributed by atoms with van der Waals surface area (Å²) in [6, 6.07) is 12.4. The topological polar surface area (TPSA) is 57.6 Å². The summed E-state index contributed by atoms with van der Waals surface area (Å²) in [7, 11) is 0. The highest BCUT2D eigenvalue weighted by Gasteiger charge is 2.43. The molecule has 1 atom stereocenters. The third-order valence-electron chi connectivity index (χ3n) is 4.65. The maximum atomic E-state index is 13.0. The zero-order valence-corrected chi connectivity index (χ0v) is 15.0. The molecule has 1 amide bonds. The monoisotopic (exact) mass is 389 g/mol. The van der Waals surface area contributed by atoms with Crippen LogP contribution in [0.15, 0.2) is 65.9 Å². The molecule has 2 aromatic carbocycles. The lowest BCUT2D eigenvalue weighted by Gasteiger charge is -2.27. The fourth-order valence-corrected chi connectivity index (χ4v) is 3.32. The first-order valence-corrected chi connectivity index (χ1v) is 8.72. The molecule has 0 aliphatic carbocycles. The highest BCUT2D eigenvalue weighted by Crippen LogP contribution is 2.39. The van der Waals surface area contributed by atoms with Crippen molar-refractivity contribution in [2.24, 2.45) is 0 Å². The van der Waals surface area contributed by atoms with Gasteiger partial charge in [0.15, 0.2) is 11.5 Å². The summed E-state index contributed by atoms with van der Waals surface area (Å²) in [4.78, 5) is 26.3. The molecule has 0 saturated carbocycles. The Balaban J connectivity index is 2.02. The Bertz CT molecular complexity index is 935. The first-order chi connectivity index (χ1) is 13.2. The molecule has 1 aliphatic heterocycles. The van der Waals surface area contributed by atoms with Gasteiger partial charge in [-0.05, 0) is 23.3 Å². The minimum Gasteiger partial charge on any atom is -0.503 e. The van der Waals surface area contributed by atoms with E-state index < -0.39 is 29.4 Å². The van der Waals surface area contributed by atoms with Crippen LogP contribution in [-0.2, 0) is 22.3 Å². The summed E-state index contributed by atoms with van der Waals surface area (Å²) < 4.78 is 39.0. The average Bonchev–Trinajstić information content (AvgIpc) is 2.92. The minimum atomic E-state index is -4.51. The Morgan fingerprint density at radius 1 is 1.11 bits per heavy atom. The predicted molar refractivity (Wildman–Crippen MR) is 96.1 cm³/mol. The number of amides is 1.